The summed E-state index contributed by atoms with van der Waals surface area (Å²) >= 11 is 0.0736. The second-order valence-electron chi connectivity index (χ2n) is 7.41. The van der Waals surface area contributed by atoms with Crippen LogP contribution in [0.2, 0.25) is 8.87 Å². The van der Waals surface area contributed by atoms with E-state index in [1.165, 1.54) is 76.3 Å². The van der Waals surface area contributed by atoms with E-state index in [-0.39, 0.29) is 32.3 Å². The summed E-state index contributed by atoms with van der Waals surface area (Å²) in [5.41, 5.74) is -0.727. The minimum absolute atomic E-state index is 0.0736. The van der Waals surface area contributed by atoms with Crippen LogP contribution in [0.5, 0.6) is 0 Å². The van der Waals surface area contributed by atoms with Gasteiger partial charge in [-0.1, -0.05) is 24.3 Å². The van der Waals surface area contributed by atoms with Crippen LogP contribution >= 0.6 is 0 Å². The molecule has 29 heavy (non-hydrogen) atoms. The third-order valence-corrected chi connectivity index (χ3v) is 8.82. The minimum Gasteiger partial charge on any atom is -0.545 e. The topological polar surface area (TPSA) is 80.3 Å². The normalized spacial score (nSPS) is 10.0. The van der Waals surface area contributed by atoms with Crippen LogP contribution in [0.25, 0.3) is 0 Å². The maximum atomic E-state index is 10.3. The van der Waals surface area contributed by atoms with E-state index in [0.29, 0.717) is 0 Å². The summed E-state index contributed by atoms with van der Waals surface area (Å²) in [7, 11) is 0. The van der Waals surface area contributed by atoms with Crippen molar-refractivity contribution in [2.75, 3.05) is 0 Å². The fraction of sp³-hybridized carbons (Fsp3) is 0.667. The van der Waals surface area contributed by atoms with E-state index in [1.54, 1.807) is 21.7 Å². The van der Waals surface area contributed by atoms with Gasteiger partial charge in [0.15, 0.2) is 0 Å². The van der Waals surface area contributed by atoms with Gasteiger partial charge >= 0.3 is 121 Å². The van der Waals surface area contributed by atoms with Gasteiger partial charge in [0.25, 0.3) is 0 Å². The first kappa shape index (κ1) is 28.0. The molecule has 0 aromatic heterocycles. The Kier molecular flexibility index (Phi) is 19.5. The number of rotatable bonds is 16. The number of carbonyl (C=O) groups excluding carboxylic acids is 2. The van der Waals surface area contributed by atoms with Gasteiger partial charge in [-0.05, 0) is 0 Å². The third kappa shape index (κ3) is 16.4. The first-order chi connectivity index (χ1) is 14.0. The Hall–Kier alpha value is -1.04. The van der Waals surface area contributed by atoms with Gasteiger partial charge in [0.1, 0.15) is 0 Å². The fourth-order valence-corrected chi connectivity index (χ4v) is 6.59. The van der Waals surface area contributed by atoms with Gasteiger partial charge in [-0.3, -0.25) is 0 Å². The average molecular weight is 509 g/mol. The molecule has 0 aliphatic heterocycles. The number of carbonyl (C=O) groups is 2. The average Bonchev–Trinajstić information content (AvgIpc) is 2.72. The van der Waals surface area contributed by atoms with Crippen LogP contribution in [-0.2, 0) is 0 Å². The minimum atomic E-state index is -1.52. The predicted octanol–water partition coefficient (Wildman–Crippen LogP) is 4.66. The van der Waals surface area contributed by atoms with Gasteiger partial charge in [-0.25, -0.2) is 0 Å². The number of aromatic carboxylic acids is 2. The third-order valence-electron chi connectivity index (χ3n) is 4.78. The van der Waals surface area contributed by atoms with Crippen molar-refractivity contribution in [3.63, 3.8) is 0 Å². The van der Waals surface area contributed by atoms with Gasteiger partial charge in [0, 0.05) is 11.1 Å². The van der Waals surface area contributed by atoms with Crippen LogP contribution in [0.3, 0.4) is 0 Å². The van der Waals surface area contributed by atoms with E-state index in [2.05, 4.69) is 13.8 Å². The van der Waals surface area contributed by atoms with E-state index in [4.69, 9.17) is 0 Å². The van der Waals surface area contributed by atoms with Crippen molar-refractivity contribution in [2.24, 2.45) is 0 Å². The van der Waals surface area contributed by atoms with Crippen molar-refractivity contribution < 1.29 is 19.8 Å². The van der Waals surface area contributed by atoms with E-state index < -0.39 is 11.9 Å². The molecule has 0 fully saturated rings. The van der Waals surface area contributed by atoms with Crippen molar-refractivity contribution in [3.8, 4) is 0 Å². The summed E-state index contributed by atoms with van der Waals surface area (Å²) in [6.07, 6.45) is 17.8. The number of carboxylic acid groups (broad SMARTS) is 2. The van der Waals surface area contributed by atoms with Gasteiger partial charge < -0.3 is 19.8 Å². The second-order valence-corrected chi connectivity index (χ2v) is 11.7. The van der Waals surface area contributed by atoms with Crippen molar-refractivity contribution in [3.05, 3.63) is 35.4 Å². The quantitative estimate of drug-likeness (QED) is 0.240. The fourth-order valence-electron chi connectivity index (χ4n) is 3.02. The zero-order valence-corrected chi connectivity index (χ0v) is 21.2. The zero-order valence-electron chi connectivity index (χ0n) is 18.3. The molecule has 0 atom stereocenters. The molecule has 0 saturated carbocycles. The first-order valence-electron chi connectivity index (χ1n) is 11.3. The Morgan fingerprint density at radius 2 is 1.00 bits per heavy atom. The molecular formula is C24H38O4Sn. The van der Waals surface area contributed by atoms with Crippen LogP contribution in [0, 0.1) is 0 Å². The Bertz CT molecular complexity index is 498. The van der Waals surface area contributed by atoms with Gasteiger partial charge in [0.05, 0.1) is 11.9 Å². The second kappa shape index (κ2) is 20.2. The van der Waals surface area contributed by atoms with Crippen LogP contribution < -0.4 is 10.2 Å². The molecule has 0 radical (unpaired) electrons. The molecule has 0 N–H and O–H groups in total. The number of hydrogen-bond acceptors (Lipinski definition) is 4. The van der Waals surface area contributed by atoms with Crippen LogP contribution in [0.4, 0.5) is 0 Å². The maximum absolute atomic E-state index is 10.3. The molecule has 0 bridgehead atoms. The molecule has 1 aromatic rings. The molecule has 1 rings (SSSR count). The van der Waals surface area contributed by atoms with Gasteiger partial charge in [-0.2, -0.15) is 0 Å². The number of benzene rings is 1. The summed E-state index contributed by atoms with van der Waals surface area (Å²) < 4.78 is 3.31. The summed E-state index contributed by atoms with van der Waals surface area (Å²) in [5.74, 6) is -3.04. The van der Waals surface area contributed by atoms with Crippen molar-refractivity contribution in [2.45, 2.75) is 99.8 Å². The Morgan fingerprint density at radius 1 is 0.655 bits per heavy atom. The predicted molar refractivity (Wildman–Crippen MR) is 117 cm³/mol. The molecule has 5 heteroatoms. The van der Waals surface area contributed by atoms with Crippen molar-refractivity contribution >= 4 is 33.1 Å². The molecule has 0 unspecified atom stereocenters. The van der Waals surface area contributed by atoms with Crippen LogP contribution in [0.1, 0.15) is 112 Å². The molecule has 0 amide bonds. The van der Waals surface area contributed by atoms with Gasteiger partial charge in [0.2, 0.25) is 0 Å². The number of unbranched alkanes of at least 4 members (excludes halogenated alkanes) is 10. The molecule has 162 valence electrons. The summed E-state index contributed by atoms with van der Waals surface area (Å²) in [5, 5.41) is 20.6. The van der Waals surface area contributed by atoms with Crippen molar-refractivity contribution in [1.29, 1.82) is 0 Å². The molecule has 0 saturated heterocycles. The first-order valence-corrected chi connectivity index (χ1v) is 15.3. The van der Waals surface area contributed by atoms with E-state index in [0.717, 1.165) is 12.1 Å². The molecular weight excluding hydrogens is 471 g/mol. The van der Waals surface area contributed by atoms with Crippen LogP contribution in [0.15, 0.2) is 24.3 Å². The van der Waals surface area contributed by atoms with E-state index in [9.17, 15) is 19.8 Å². The molecule has 1 aromatic carbocycles. The SMILES string of the molecule is CCCCCCC[CH2][Sn+2][CH2]CCCCCCC.O=C([O-])c1ccccc1C(=O)[O-]. The molecule has 0 aliphatic carbocycles. The van der Waals surface area contributed by atoms with Gasteiger partial charge in [-0.15, -0.1) is 0 Å². The maximum Gasteiger partial charge on any atom is 0.0721 e. The van der Waals surface area contributed by atoms with E-state index in [1.807, 2.05) is 0 Å². The van der Waals surface area contributed by atoms with Crippen LogP contribution in [-0.4, -0.2) is 33.1 Å². The molecule has 0 aliphatic rings. The summed E-state index contributed by atoms with van der Waals surface area (Å²) in [4.78, 5) is 20.6. The zero-order chi connectivity index (χ0) is 21.7. The Morgan fingerprint density at radius 3 is 1.34 bits per heavy atom. The Labute approximate surface area is 187 Å². The monoisotopic (exact) mass is 510 g/mol. The number of hydrogen-bond donors (Lipinski definition) is 0. The van der Waals surface area contributed by atoms with E-state index >= 15 is 0 Å². The van der Waals surface area contributed by atoms with Crippen molar-refractivity contribution in [1.82, 2.24) is 0 Å². The largest absolute Gasteiger partial charge is 0.545 e. The summed E-state index contributed by atoms with van der Waals surface area (Å²) in [6.45, 7) is 4.60. The summed E-state index contributed by atoms with van der Waals surface area (Å²) in [6, 6.07) is 5.14. The Balaban J connectivity index is 0.000000571. The molecule has 0 spiro atoms. The smallest absolute Gasteiger partial charge is 0.0721 e. The molecule has 4 nitrogen and oxygen atoms in total. The standard InChI is InChI=1S/C8H6O4.2C8H17.Sn/c9-7(10)5-3-1-2-4-6(5)8(11)12;2*1-3-5-7-8-6-4-2;/h1-4H,(H,9,10)(H,11,12);2*1,3-8H2,2H3;/q;;;+2/p-2. The molecule has 0 heterocycles. The number of carboxylic acids is 2.